The summed E-state index contributed by atoms with van der Waals surface area (Å²) in [6.07, 6.45) is 1.16. The molecule has 4 rings (SSSR count). The maximum Gasteiger partial charge on any atom is 0.278 e. The summed E-state index contributed by atoms with van der Waals surface area (Å²) in [7, 11) is 0. The third kappa shape index (κ3) is 3.74. The highest BCUT2D eigenvalue weighted by molar-refractivity contribution is 7.15. The second kappa shape index (κ2) is 7.90. The van der Waals surface area contributed by atoms with Gasteiger partial charge < -0.3 is 5.32 Å². The molecule has 2 aromatic heterocycles. The molecule has 0 saturated heterocycles. The molecule has 1 aliphatic heterocycles. The molecule has 0 bridgehead atoms. The zero-order valence-electron chi connectivity index (χ0n) is 13.6. The Morgan fingerprint density at radius 1 is 1.31 bits per heavy atom. The van der Waals surface area contributed by atoms with Gasteiger partial charge in [0.1, 0.15) is 10.8 Å². The Morgan fingerprint density at radius 2 is 2.15 bits per heavy atom. The zero-order valence-corrected chi connectivity index (χ0v) is 15.2. The van der Waals surface area contributed by atoms with Crippen LogP contribution in [-0.4, -0.2) is 32.8 Å². The molecule has 3 N–H and O–H groups in total. The van der Waals surface area contributed by atoms with Crippen molar-refractivity contribution >= 4 is 34.8 Å². The van der Waals surface area contributed by atoms with E-state index in [0.717, 1.165) is 24.2 Å². The smallest absolute Gasteiger partial charge is 0.278 e. The molecule has 0 aliphatic carbocycles. The fraction of sp³-hybridized carbons (Fsp3) is 0.250. The number of halogens is 2. The van der Waals surface area contributed by atoms with Gasteiger partial charge in [0.15, 0.2) is 5.69 Å². The van der Waals surface area contributed by atoms with Gasteiger partial charge in [0.05, 0.1) is 0 Å². The fourth-order valence-electron chi connectivity index (χ4n) is 2.75. The lowest BCUT2D eigenvalue weighted by Crippen LogP contribution is -2.25. The first kappa shape index (κ1) is 18.4. The molecule has 3 heterocycles. The van der Waals surface area contributed by atoms with Gasteiger partial charge in [0.25, 0.3) is 5.91 Å². The van der Waals surface area contributed by atoms with Crippen LogP contribution in [0.4, 0.5) is 9.52 Å². The number of amides is 1. The maximum absolute atomic E-state index is 13.7. The predicted molar refractivity (Wildman–Crippen MR) is 98.3 cm³/mol. The number of benzene rings is 1. The molecule has 7 nitrogen and oxygen atoms in total. The molecule has 26 heavy (non-hydrogen) atoms. The van der Waals surface area contributed by atoms with E-state index in [9.17, 15) is 9.18 Å². The van der Waals surface area contributed by atoms with Crippen molar-refractivity contribution in [1.82, 2.24) is 25.7 Å². The van der Waals surface area contributed by atoms with Crippen molar-refractivity contribution in [2.75, 3.05) is 11.9 Å². The number of fused-ring (bicyclic) bond motifs is 1. The van der Waals surface area contributed by atoms with E-state index in [1.54, 1.807) is 18.2 Å². The molecule has 0 radical (unpaired) electrons. The predicted octanol–water partition coefficient (Wildman–Crippen LogP) is 2.31. The largest absolute Gasteiger partial charge is 0.312 e. The Balaban J connectivity index is 0.00000196. The fourth-order valence-corrected chi connectivity index (χ4v) is 3.51. The summed E-state index contributed by atoms with van der Waals surface area (Å²) in [5.41, 5.74) is 2.79. The van der Waals surface area contributed by atoms with Crippen LogP contribution < -0.4 is 10.6 Å². The normalized spacial score (nSPS) is 13.0. The Hall–Kier alpha value is -2.36. The van der Waals surface area contributed by atoms with Gasteiger partial charge in [-0.3, -0.25) is 15.2 Å². The van der Waals surface area contributed by atoms with Crippen molar-refractivity contribution < 1.29 is 9.18 Å². The second-order valence-electron chi connectivity index (χ2n) is 5.68. The summed E-state index contributed by atoms with van der Waals surface area (Å²) in [6.45, 7) is 1.48. The van der Waals surface area contributed by atoms with Crippen molar-refractivity contribution in [2.45, 2.75) is 19.4 Å². The van der Waals surface area contributed by atoms with E-state index in [-0.39, 0.29) is 24.1 Å². The minimum absolute atomic E-state index is 0. The minimum Gasteiger partial charge on any atom is -0.312 e. The summed E-state index contributed by atoms with van der Waals surface area (Å²) in [5, 5.41) is 21.9. The highest BCUT2D eigenvalue weighted by atomic mass is 35.5. The number of nitrogens with zero attached hydrogens (tertiary/aromatic N) is 3. The van der Waals surface area contributed by atoms with Gasteiger partial charge in [0.2, 0.25) is 5.13 Å². The quantitative estimate of drug-likeness (QED) is 0.631. The third-order valence-corrected chi connectivity index (χ3v) is 4.85. The standard InChI is InChI=1S/C16H15FN6OS.ClH/c17-11-4-2-1-3-9(11)7-13-21-23-16(25-13)19-15(24)14-10-8-18-6-5-12(10)20-22-14;/h1-4,18H,5-8H2,(H,20,22)(H,19,23,24);1H. The summed E-state index contributed by atoms with van der Waals surface area (Å²) in [6, 6.07) is 6.53. The molecule has 1 amide bonds. The first-order chi connectivity index (χ1) is 12.2. The van der Waals surface area contributed by atoms with Gasteiger partial charge in [-0.15, -0.1) is 22.6 Å². The van der Waals surface area contributed by atoms with E-state index >= 15 is 0 Å². The van der Waals surface area contributed by atoms with Gasteiger partial charge in [-0.05, 0) is 11.6 Å². The highest BCUT2D eigenvalue weighted by Gasteiger charge is 2.22. The average molecular weight is 395 g/mol. The van der Waals surface area contributed by atoms with Crippen molar-refractivity contribution in [1.29, 1.82) is 0 Å². The maximum atomic E-state index is 13.7. The number of aromatic amines is 1. The number of hydrogen-bond donors (Lipinski definition) is 3. The number of nitrogens with one attached hydrogen (secondary N) is 3. The van der Waals surface area contributed by atoms with Crippen LogP contribution in [0.25, 0.3) is 0 Å². The summed E-state index contributed by atoms with van der Waals surface area (Å²) >= 11 is 1.22. The van der Waals surface area contributed by atoms with E-state index in [1.165, 1.54) is 17.4 Å². The Labute approximate surface area is 158 Å². The molecule has 0 fully saturated rings. The van der Waals surface area contributed by atoms with Crippen molar-refractivity contribution in [3.05, 3.63) is 57.6 Å². The van der Waals surface area contributed by atoms with E-state index in [0.29, 0.717) is 34.4 Å². The molecule has 10 heteroatoms. The molecule has 0 unspecified atom stereocenters. The van der Waals surface area contributed by atoms with Gasteiger partial charge in [-0.1, -0.05) is 29.5 Å². The number of aromatic nitrogens is 4. The molecule has 0 saturated carbocycles. The Bertz CT molecular complexity index is 927. The monoisotopic (exact) mass is 394 g/mol. The molecule has 0 atom stereocenters. The molecule has 3 aromatic rings. The van der Waals surface area contributed by atoms with Gasteiger partial charge in [-0.25, -0.2) is 4.39 Å². The SMILES string of the molecule is Cl.O=C(Nc1nnc(Cc2ccccc2F)s1)c1n[nH]c2c1CNCC2. The number of carbonyl (C=O) groups excluding carboxylic acids is 1. The third-order valence-electron chi connectivity index (χ3n) is 4.01. The molecular formula is C16H16ClFN6OS. The van der Waals surface area contributed by atoms with Crippen molar-refractivity contribution in [2.24, 2.45) is 0 Å². The molecule has 1 aromatic carbocycles. The topological polar surface area (TPSA) is 95.6 Å². The molecule has 1 aliphatic rings. The Kier molecular flexibility index (Phi) is 5.60. The minimum atomic E-state index is -0.324. The average Bonchev–Trinajstić information content (AvgIpc) is 3.23. The van der Waals surface area contributed by atoms with Crippen LogP contribution in [-0.2, 0) is 19.4 Å². The highest BCUT2D eigenvalue weighted by Crippen LogP contribution is 2.22. The van der Waals surface area contributed by atoms with Crippen LogP contribution in [0.15, 0.2) is 24.3 Å². The van der Waals surface area contributed by atoms with E-state index < -0.39 is 0 Å². The number of anilines is 1. The Morgan fingerprint density at radius 3 is 3.00 bits per heavy atom. The van der Waals surface area contributed by atoms with E-state index in [4.69, 9.17) is 0 Å². The van der Waals surface area contributed by atoms with Crippen molar-refractivity contribution in [3.63, 3.8) is 0 Å². The summed E-state index contributed by atoms with van der Waals surface area (Å²) in [4.78, 5) is 12.4. The van der Waals surface area contributed by atoms with Gasteiger partial charge >= 0.3 is 0 Å². The molecule has 0 spiro atoms. The van der Waals surface area contributed by atoms with Crippen LogP contribution in [0.1, 0.15) is 32.3 Å². The zero-order chi connectivity index (χ0) is 17.2. The first-order valence-electron chi connectivity index (χ1n) is 7.84. The lowest BCUT2D eigenvalue weighted by atomic mass is 10.1. The van der Waals surface area contributed by atoms with Crippen LogP contribution in [0.3, 0.4) is 0 Å². The van der Waals surface area contributed by atoms with Gasteiger partial charge in [-0.2, -0.15) is 5.10 Å². The van der Waals surface area contributed by atoms with E-state index in [1.807, 2.05) is 0 Å². The number of carbonyl (C=O) groups is 1. The molecular weight excluding hydrogens is 379 g/mol. The number of rotatable bonds is 4. The lowest BCUT2D eigenvalue weighted by Gasteiger charge is -2.12. The van der Waals surface area contributed by atoms with Crippen LogP contribution in [0, 0.1) is 5.82 Å². The van der Waals surface area contributed by atoms with E-state index in [2.05, 4.69) is 31.0 Å². The van der Waals surface area contributed by atoms with Crippen LogP contribution in [0.5, 0.6) is 0 Å². The summed E-state index contributed by atoms with van der Waals surface area (Å²) in [5.74, 6) is -0.603. The van der Waals surface area contributed by atoms with Crippen LogP contribution in [0.2, 0.25) is 0 Å². The van der Waals surface area contributed by atoms with Crippen LogP contribution >= 0.6 is 23.7 Å². The van der Waals surface area contributed by atoms with Gasteiger partial charge in [0, 0.05) is 37.2 Å². The number of hydrogen-bond acceptors (Lipinski definition) is 6. The summed E-state index contributed by atoms with van der Waals surface area (Å²) < 4.78 is 13.7. The number of H-pyrrole nitrogens is 1. The molecule has 136 valence electrons. The second-order valence-corrected chi connectivity index (χ2v) is 6.74. The first-order valence-corrected chi connectivity index (χ1v) is 8.66. The van der Waals surface area contributed by atoms with Crippen molar-refractivity contribution in [3.8, 4) is 0 Å². The lowest BCUT2D eigenvalue weighted by molar-refractivity contribution is 0.102.